The molecule has 1 N–H and O–H groups in total. The van der Waals surface area contributed by atoms with Crippen LogP contribution in [0.3, 0.4) is 0 Å². The van der Waals surface area contributed by atoms with Crippen LogP contribution in [0, 0.1) is 10.5 Å². The number of nitrogens with zero attached hydrogens (tertiary/aromatic N) is 2. The fourth-order valence-electron chi connectivity index (χ4n) is 2.42. The van der Waals surface area contributed by atoms with Crippen molar-refractivity contribution < 1.29 is 14.3 Å². The second-order valence-corrected chi connectivity index (χ2v) is 7.52. The first-order valence-corrected chi connectivity index (χ1v) is 9.33. The summed E-state index contributed by atoms with van der Waals surface area (Å²) in [6.45, 7) is 2.16. The number of amides is 1. The van der Waals surface area contributed by atoms with Crippen molar-refractivity contribution in [1.82, 2.24) is 9.97 Å². The standard InChI is InChI=1S/C17H16IN3O3S/c1-9-13-16(24-3)20-12(8-23-2)21-17(13)25-14(9)15(22)19-11-6-4-10(18)5-7-11/h4-7H,8H2,1-3H3,(H,19,22). The number of nitrogens with one attached hydrogen (secondary N) is 1. The van der Waals surface area contributed by atoms with E-state index in [0.29, 0.717) is 21.4 Å². The molecule has 8 heteroatoms. The molecule has 6 nitrogen and oxygen atoms in total. The molecule has 0 spiro atoms. The van der Waals surface area contributed by atoms with E-state index in [0.717, 1.165) is 20.2 Å². The molecule has 25 heavy (non-hydrogen) atoms. The molecule has 2 heterocycles. The molecular weight excluding hydrogens is 453 g/mol. The Morgan fingerprint density at radius 1 is 1.24 bits per heavy atom. The van der Waals surface area contributed by atoms with Crippen LogP contribution in [-0.4, -0.2) is 30.1 Å². The summed E-state index contributed by atoms with van der Waals surface area (Å²) in [5.74, 6) is 0.814. The molecule has 0 saturated carbocycles. The van der Waals surface area contributed by atoms with E-state index in [9.17, 15) is 4.79 Å². The summed E-state index contributed by atoms with van der Waals surface area (Å²) in [4.78, 5) is 22.8. The van der Waals surface area contributed by atoms with Gasteiger partial charge in [0, 0.05) is 16.4 Å². The van der Waals surface area contributed by atoms with Crippen molar-refractivity contribution >= 4 is 55.7 Å². The van der Waals surface area contributed by atoms with E-state index in [-0.39, 0.29) is 12.5 Å². The molecule has 0 aliphatic carbocycles. The van der Waals surface area contributed by atoms with Crippen LogP contribution in [-0.2, 0) is 11.3 Å². The van der Waals surface area contributed by atoms with Crippen molar-refractivity contribution in [3.05, 3.63) is 44.1 Å². The van der Waals surface area contributed by atoms with E-state index in [1.54, 1.807) is 14.2 Å². The summed E-state index contributed by atoms with van der Waals surface area (Å²) in [6, 6.07) is 7.64. The lowest BCUT2D eigenvalue weighted by molar-refractivity contribution is 0.103. The van der Waals surface area contributed by atoms with Gasteiger partial charge < -0.3 is 14.8 Å². The molecule has 0 bridgehead atoms. The predicted molar refractivity (Wildman–Crippen MR) is 107 cm³/mol. The molecule has 0 atom stereocenters. The molecule has 1 aromatic carbocycles. The molecule has 0 saturated heterocycles. The molecule has 3 aromatic rings. The van der Waals surface area contributed by atoms with E-state index in [2.05, 4.69) is 37.9 Å². The Labute approximate surface area is 162 Å². The van der Waals surface area contributed by atoms with Crippen molar-refractivity contribution in [2.45, 2.75) is 13.5 Å². The van der Waals surface area contributed by atoms with E-state index >= 15 is 0 Å². The monoisotopic (exact) mass is 469 g/mol. The number of anilines is 1. The molecule has 130 valence electrons. The van der Waals surface area contributed by atoms with Crippen molar-refractivity contribution in [3.8, 4) is 5.88 Å². The lowest BCUT2D eigenvalue weighted by Gasteiger charge is -2.05. The van der Waals surface area contributed by atoms with Crippen molar-refractivity contribution in [2.75, 3.05) is 19.5 Å². The first-order valence-electron chi connectivity index (χ1n) is 7.43. The number of thiophene rings is 1. The zero-order valence-corrected chi connectivity index (χ0v) is 16.9. The van der Waals surface area contributed by atoms with Crippen LogP contribution in [0.5, 0.6) is 5.88 Å². The molecule has 1 amide bonds. The third kappa shape index (κ3) is 3.75. The molecule has 0 radical (unpaired) electrons. The Hall–Kier alpha value is -1.78. The van der Waals surface area contributed by atoms with Gasteiger partial charge in [0.1, 0.15) is 11.4 Å². The molecule has 0 aliphatic heterocycles. The van der Waals surface area contributed by atoms with E-state index < -0.39 is 0 Å². The minimum Gasteiger partial charge on any atom is -0.480 e. The summed E-state index contributed by atoms with van der Waals surface area (Å²) < 4.78 is 11.6. The highest BCUT2D eigenvalue weighted by Crippen LogP contribution is 2.35. The minimum absolute atomic E-state index is 0.169. The number of carbonyl (C=O) groups excluding carboxylic acids is 1. The third-order valence-corrected chi connectivity index (χ3v) is 5.48. The highest BCUT2D eigenvalue weighted by Gasteiger charge is 2.21. The van der Waals surface area contributed by atoms with Gasteiger partial charge in [-0.25, -0.2) is 4.98 Å². The lowest BCUT2D eigenvalue weighted by Crippen LogP contribution is -2.11. The van der Waals surface area contributed by atoms with Crippen molar-refractivity contribution in [2.24, 2.45) is 0 Å². The predicted octanol–water partition coefficient (Wildman–Crippen LogP) is 4.01. The zero-order valence-electron chi connectivity index (χ0n) is 13.9. The summed E-state index contributed by atoms with van der Waals surface area (Å²) in [5, 5.41) is 3.68. The van der Waals surface area contributed by atoms with Gasteiger partial charge in [0.05, 0.1) is 17.4 Å². The number of fused-ring (bicyclic) bond motifs is 1. The Bertz CT molecular complexity index is 925. The van der Waals surface area contributed by atoms with Crippen LogP contribution < -0.4 is 10.1 Å². The summed E-state index contributed by atoms with van der Waals surface area (Å²) in [7, 11) is 3.14. The number of halogens is 1. The number of aryl methyl sites for hydroxylation is 1. The summed E-state index contributed by atoms with van der Waals surface area (Å²) in [5.41, 5.74) is 1.56. The quantitative estimate of drug-likeness (QED) is 0.572. The number of rotatable bonds is 5. The highest BCUT2D eigenvalue weighted by molar-refractivity contribution is 14.1. The highest BCUT2D eigenvalue weighted by atomic mass is 127. The number of hydrogen-bond acceptors (Lipinski definition) is 6. The number of aromatic nitrogens is 2. The van der Waals surface area contributed by atoms with Crippen LogP contribution in [0.15, 0.2) is 24.3 Å². The number of methoxy groups -OCH3 is 2. The summed E-state index contributed by atoms with van der Waals surface area (Å²) >= 11 is 3.55. The number of ether oxygens (including phenoxy) is 2. The first-order chi connectivity index (χ1) is 12.0. The summed E-state index contributed by atoms with van der Waals surface area (Å²) in [6.07, 6.45) is 0. The Morgan fingerprint density at radius 2 is 1.96 bits per heavy atom. The minimum atomic E-state index is -0.169. The average molecular weight is 469 g/mol. The van der Waals surface area contributed by atoms with Crippen molar-refractivity contribution in [3.63, 3.8) is 0 Å². The second kappa shape index (κ2) is 7.63. The van der Waals surface area contributed by atoms with Gasteiger partial charge in [0.25, 0.3) is 5.91 Å². The lowest BCUT2D eigenvalue weighted by atomic mass is 10.2. The van der Waals surface area contributed by atoms with Crippen LogP contribution in [0.1, 0.15) is 21.1 Å². The van der Waals surface area contributed by atoms with Crippen LogP contribution in [0.4, 0.5) is 5.69 Å². The van der Waals surface area contributed by atoms with Gasteiger partial charge in [-0.1, -0.05) is 0 Å². The van der Waals surface area contributed by atoms with E-state index in [1.807, 2.05) is 31.2 Å². The van der Waals surface area contributed by atoms with Gasteiger partial charge >= 0.3 is 0 Å². The Balaban J connectivity index is 1.99. The smallest absolute Gasteiger partial charge is 0.266 e. The molecule has 2 aromatic heterocycles. The van der Waals surface area contributed by atoms with Crippen LogP contribution in [0.2, 0.25) is 0 Å². The number of benzene rings is 1. The molecule has 3 rings (SSSR count). The second-order valence-electron chi connectivity index (χ2n) is 5.28. The van der Waals surface area contributed by atoms with Crippen LogP contribution >= 0.6 is 33.9 Å². The molecule has 0 aliphatic rings. The van der Waals surface area contributed by atoms with Gasteiger partial charge in [-0.3, -0.25) is 4.79 Å². The van der Waals surface area contributed by atoms with Gasteiger partial charge in [-0.2, -0.15) is 4.98 Å². The third-order valence-electron chi connectivity index (χ3n) is 3.58. The topological polar surface area (TPSA) is 73.3 Å². The maximum atomic E-state index is 12.7. The van der Waals surface area contributed by atoms with Gasteiger partial charge in [0.15, 0.2) is 5.82 Å². The maximum absolute atomic E-state index is 12.7. The van der Waals surface area contributed by atoms with Gasteiger partial charge in [-0.15, -0.1) is 11.3 Å². The fourth-order valence-corrected chi connectivity index (χ4v) is 3.87. The van der Waals surface area contributed by atoms with E-state index in [4.69, 9.17) is 9.47 Å². The number of hydrogen-bond donors (Lipinski definition) is 1. The SMILES string of the molecule is COCc1nc(OC)c2c(C)c(C(=O)Nc3ccc(I)cc3)sc2n1. The van der Waals surface area contributed by atoms with Gasteiger partial charge in [-0.05, 0) is 59.3 Å². The molecule has 0 unspecified atom stereocenters. The molecule has 0 fully saturated rings. The molecular formula is C17H16IN3O3S. The first kappa shape index (κ1) is 18.0. The number of carbonyl (C=O) groups is 1. The van der Waals surface area contributed by atoms with Crippen molar-refractivity contribution in [1.29, 1.82) is 0 Å². The fraction of sp³-hybridized carbons (Fsp3) is 0.235. The van der Waals surface area contributed by atoms with Crippen LogP contribution in [0.25, 0.3) is 10.2 Å². The van der Waals surface area contributed by atoms with Gasteiger partial charge in [0.2, 0.25) is 5.88 Å². The zero-order chi connectivity index (χ0) is 18.0. The Kier molecular flexibility index (Phi) is 5.50. The van der Waals surface area contributed by atoms with E-state index in [1.165, 1.54) is 11.3 Å². The largest absolute Gasteiger partial charge is 0.480 e. The maximum Gasteiger partial charge on any atom is 0.266 e. The average Bonchev–Trinajstić information content (AvgIpc) is 2.93. The Morgan fingerprint density at radius 3 is 2.60 bits per heavy atom. The normalized spacial score (nSPS) is 10.9.